The largest absolute Gasteiger partial charge is 0.249 e. The summed E-state index contributed by atoms with van der Waals surface area (Å²) >= 11 is 0. The Morgan fingerprint density at radius 2 is 1.61 bits per heavy atom. The first-order chi connectivity index (χ1) is 10.8. The molecule has 2 aromatic carbocycles. The SMILES string of the molecule is CC.Cc1c(-c2ccc(C#N)cc2)ccc(CC(C)(F)F)c1F. The van der Waals surface area contributed by atoms with Crippen LogP contribution in [-0.2, 0) is 6.42 Å². The van der Waals surface area contributed by atoms with Crippen LogP contribution in [0.1, 0.15) is 37.5 Å². The molecule has 0 unspecified atom stereocenters. The zero-order valence-corrected chi connectivity index (χ0v) is 13.8. The zero-order valence-electron chi connectivity index (χ0n) is 13.8. The van der Waals surface area contributed by atoms with Crippen LogP contribution in [0.2, 0.25) is 0 Å². The van der Waals surface area contributed by atoms with Crippen LogP contribution in [0.25, 0.3) is 11.1 Å². The first kappa shape index (κ1) is 18.8. The lowest BCUT2D eigenvalue weighted by molar-refractivity contribution is 0.0217. The first-order valence-corrected chi connectivity index (χ1v) is 7.48. The van der Waals surface area contributed by atoms with E-state index in [-0.39, 0.29) is 5.56 Å². The summed E-state index contributed by atoms with van der Waals surface area (Å²) < 4.78 is 40.3. The lowest BCUT2D eigenvalue weighted by atomic mass is 9.95. The number of hydrogen-bond donors (Lipinski definition) is 0. The topological polar surface area (TPSA) is 23.8 Å². The Balaban J connectivity index is 0.00000127. The van der Waals surface area contributed by atoms with Gasteiger partial charge in [0.1, 0.15) is 5.82 Å². The predicted molar refractivity (Wildman–Crippen MR) is 87.0 cm³/mol. The van der Waals surface area contributed by atoms with Crippen molar-refractivity contribution in [2.75, 3.05) is 0 Å². The van der Waals surface area contributed by atoms with Crippen molar-refractivity contribution in [3.63, 3.8) is 0 Å². The number of hydrogen-bond acceptors (Lipinski definition) is 1. The fourth-order valence-corrected chi connectivity index (χ4v) is 2.25. The second-order valence-corrected chi connectivity index (χ2v) is 5.15. The fraction of sp³-hybridized carbons (Fsp3) is 0.316. The zero-order chi connectivity index (χ0) is 17.6. The Kier molecular flexibility index (Phi) is 6.38. The van der Waals surface area contributed by atoms with Crippen LogP contribution >= 0.6 is 0 Å². The van der Waals surface area contributed by atoms with E-state index in [2.05, 4.69) is 0 Å². The van der Waals surface area contributed by atoms with Crippen LogP contribution in [0, 0.1) is 24.1 Å². The minimum absolute atomic E-state index is 0.0115. The summed E-state index contributed by atoms with van der Waals surface area (Å²) in [6.45, 7) is 6.34. The van der Waals surface area contributed by atoms with Gasteiger partial charge in [-0.05, 0) is 48.2 Å². The molecule has 0 amide bonds. The molecule has 1 nitrogen and oxygen atoms in total. The van der Waals surface area contributed by atoms with E-state index in [1.165, 1.54) is 6.07 Å². The number of benzene rings is 2. The third-order valence-electron chi connectivity index (χ3n) is 3.29. The molecule has 0 aliphatic rings. The van der Waals surface area contributed by atoms with Crippen LogP contribution in [0.4, 0.5) is 13.2 Å². The van der Waals surface area contributed by atoms with E-state index >= 15 is 0 Å². The van der Waals surface area contributed by atoms with Gasteiger partial charge in [-0.15, -0.1) is 0 Å². The highest BCUT2D eigenvalue weighted by molar-refractivity contribution is 5.68. The summed E-state index contributed by atoms with van der Waals surface area (Å²) in [6, 6.07) is 11.8. The van der Waals surface area contributed by atoms with E-state index in [4.69, 9.17) is 5.26 Å². The summed E-state index contributed by atoms with van der Waals surface area (Å²) in [4.78, 5) is 0. The normalized spacial score (nSPS) is 10.5. The Morgan fingerprint density at radius 1 is 1.04 bits per heavy atom. The summed E-state index contributed by atoms with van der Waals surface area (Å²) in [5, 5.41) is 8.76. The Bertz CT molecular complexity index is 692. The van der Waals surface area contributed by atoms with Gasteiger partial charge >= 0.3 is 0 Å². The summed E-state index contributed by atoms with van der Waals surface area (Å²) in [6.07, 6.45) is -0.618. The van der Waals surface area contributed by atoms with Gasteiger partial charge in [0.2, 0.25) is 5.92 Å². The quantitative estimate of drug-likeness (QED) is 0.691. The molecule has 0 radical (unpaired) electrons. The van der Waals surface area contributed by atoms with E-state index in [9.17, 15) is 13.2 Å². The van der Waals surface area contributed by atoms with Gasteiger partial charge in [0.25, 0.3) is 0 Å². The minimum Gasteiger partial charge on any atom is -0.207 e. The van der Waals surface area contributed by atoms with Crippen molar-refractivity contribution in [1.82, 2.24) is 0 Å². The molecular weight excluding hydrogens is 299 g/mol. The van der Waals surface area contributed by atoms with Crippen molar-refractivity contribution in [3.8, 4) is 17.2 Å². The Labute approximate surface area is 135 Å². The molecule has 0 saturated carbocycles. The highest BCUT2D eigenvalue weighted by Gasteiger charge is 2.24. The van der Waals surface area contributed by atoms with Crippen molar-refractivity contribution >= 4 is 0 Å². The van der Waals surface area contributed by atoms with E-state index in [1.54, 1.807) is 37.3 Å². The number of nitrogens with zero attached hydrogens (tertiary/aromatic N) is 1. The van der Waals surface area contributed by atoms with E-state index in [1.807, 2.05) is 19.9 Å². The molecule has 0 aromatic heterocycles. The molecule has 0 saturated heterocycles. The van der Waals surface area contributed by atoms with Crippen LogP contribution in [0.3, 0.4) is 0 Å². The second kappa shape index (κ2) is 7.82. The number of halogens is 3. The standard InChI is InChI=1S/C17H14F3N.C2H6/c1-11-15(13-5-3-12(10-21)4-6-13)8-7-14(16(11)18)9-17(2,19)20;1-2/h3-8H,9H2,1-2H3;1-2H3. The third kappa shape index (κ3) is 4.85. The van der Waals surface area contributed by atoms with Gasteiger partial charge in [-0.1, -0.05) is 38.1 Å². The average Bonchev–Trinajstić information content (AvgIpc) is 2.53. The van der Waals surface area contributed by atoms with E-state index < -0.39 is 18.2 Å². The molecular formula is C19H20F3N. The highest BCUT2D eigenvalue weighted by atomic mass is 19.3. The second-order valence-electron chi connectivity index (χ2n) is 5.15. The van der Waals surface area contributed by atoms with Crippen molar-refractivity contribution in [2.45, 2.75) is 40.0 Å². The Hall–Kier alpha value is -2.28. The molecule has 23 heavy (non-hydrogen) atoms. The van der Waals surface area contributed by atoms with Gasteiger partial charge in [-0.2, -0.15) is 5.26 Å². The average molecular weight is 319 g/mol. The molecule has 0 aliphatic carbocycles. The van der Waals surface area contributed by atoms with Crippen molar-refractivity contribution < 1.29 is 13.2 Å². The maximum Gasteiger partial charge on any atom is 0.249 e. The van der Waals surface area contributed by atoms with Crippen LogP contribution in [0.5, 0.6) is 0 Å². The molecule has 0 heterocycles. The van der Waals surface area contributed by atoms with Gasteiger partial charge < -0.3 is 0 Å². The van der Waals surface area contributed by atoms with Gasteiger partial charge in [0, 0.05) is 6.42 Å². The lowest BCUT2D eigenvalue weighted by Crippen LogP contribution is -2.15. The van der Waals surface area contributed by atoms with Gasteiger partial charge in [-0.25, -0.2) is 13.2 Å². The molecule has 0 aliphatic heterocycles. The predicted octanol–water partition coefficient (Wildman–Crippen LogP) is 5.90. The summed E-state index contributed by atoms with van der Waals surface area (Å²) in [5.41, 5.74) is 2.25. The van der Waals surface area contributed by atoms with Crippen LogP contribution in [0.15, 0.2) is 36.4 Å². The van der Waals surface area contributed by atoms with Gasteiger partial charge in [-0.3, -0.25) is 0 Å². The molecule has 0 atom stereocenters. The molecule has 2 aromatic rings. The Morgan fingerprint density at radius 3 is 2.09 bits per heavy atom. The maximum absolute atomic E-state index is 14.2. The molecule has 0 fully saturated rings. The maximum atomic E-state index is 14.2. The first-order valence-electron chi connectivity index (χ1n) is 7.48. The van der Waals surface area contributed by atoms with Gasteiger partial charge in [0.05, 0.1) is 11.6 Å². The fourth-order valence-electron chi connectivity index (χ4n) is 2.25. The van der Waals surface area contributed by atoms with E-state index in [0.29, 0.717) is 16.7 Å². The minimum atomic E-state index is -2.94. The van der Waals surface area contributed by atoms with Gasteiger partial charge in [0.15, 0.2) is 0 Å². The van der Waals surface area contributed by atoms with Crippen molar-refractivity contribution in [1.29, 1.82) is 5.26 Å². The monoisotopic (exact) mass is 319 g/mol. The third-order valence-corrected chi connectivity index (χ3v) is 3.29. The van der Waals surface area contributed by atoms with Crippen molar-refractivity contribution in [3.05, 3.63) is 58.9 Å². The number of alkyl halides is 2. The highest BCUT2D eigenvalue weighted by Crippen LogP contribution is 2.29. The molecule has 2 rings (SSSR count). The molecule has 0 spiro atoms. The molecule has 122 valence electrons. The summed E-state index contributed by atoms with van der Waals surface area (Å²) in [5.74, 6) is -3.54. The van der Waals surface area contributed by atoms with E-state index in [0.717, 1.165) is 12.5 Å². The van der Waals surface area contributed by atoms with Crippen LogP contribution < -0.4 is 0 Å². The molecule has 0 bridgehead atoms. The number of rotatable bonds is 3. The molecule has 4 heteroatoms. The molecule has 0 N–H and O–H groups in total. The summed E-state index contributed by atoms with van der Waals surface area (Å²) in [7, 11) is 0. The number of nitriles is 1. The lowest BCUT2D eigenvalue weighted by Gasteiger charge is -2.14. The van der Waals surface area contributed by atoms with Crippen molar-refractivity contribution in [2.24, 2.45) is 0 Å². The van der Waals surface area contributed by atoms with Crippen LogP contribution in [-0.4, -0.2) is 5.92 Å². The smallest absolute Gasteiger partial charge is 0.207 e.